The molecule has 1 saturated heterocycles. The van der Waals surface area contributed by atoms with Crippen molar-refractivity contribution in [1.82, 2.24) is 10.6 Å². The second kappa shape index (κ2) is 2.28. The van der Waals surface area contributed by atoms with Crippen LogP contribution in [0.5, 0.6) is 0 Å². The summed E-state index contributed by atoms with van der Waals surface area (Å²) in [4.78, 5) is 0. The smallest absolute Gasteiger partial charge is 0.0625 e. The van der Waals surface area contributed by atoms with Gasteiger partial charge in [-0.1, -0.05) is 0 Å². The van der Waals surface area contributed by atoms with Crippen molar-refractivity contribution >= 4 is 0 Å². The Balaban J connectivity index is 2.12. The molecule has 2 nitrogen and oxygen atoms in total. The van der Waals surface area contributed by atoms with Crippen molar-refractivity contribution in [3.8, 4) is 0 Å². The van der Waals surface area contributed by atoms with Gasteiger partial charge in [-0.3, -0.25) is 0 Å². The molecular weight excluding hydrogens is 88.1 g/mol. The minimum Gasteiger partial charge on any atom is -0.301 e. The van der Waals surface area contributed by atoms with Gasteiger partial charge in [0.1, 0.15) is 0 Å². The molecule has 41 valence electrons. The van der Waals surface area contributed by atoms with E-state index in [1.54, 1.807) is 0 Å². The average Bonchev–Trinajstić information content (AvgIpc) is 1.69. The van der Waals surface area contributed by atoms with E-state index < -0.39 is 0 Å². The topological polar surface area (TPSA) is 26.1 Å². The number of nitrogens with one attached hydrogen (secondary N) is 1. The SMILES string of the molecule is CC1CC[N]CN1. The van der Waals surface area contributed by atoms with Gasteiger partial charge >= 0.3 is 0 Å². The summed E-state index contributed by atoms with van der Waals surface area (Å²) in [5, 5.41) is 7.33. The van der Waals surface area contributed by atoms with Crippen molar-refractivity contribution in [1.29, 1.82) is 0 Å². The lowest BCUT2D eigenvalue weighted by Crippen LogP contribution is -2.39. The maximum Gasteiger partial charge on any atom is 0.0625 e. The van der Waals surface area contributed by atoms with Gasteiger partial charge in [0.2, 0.25) is 0 Å². The minimum absolute atomic E-state index is 0.692. The normalized spacial score (nSPS) is 33.0. The highest BCUT2D eigenvalue weighted by atomic mass is 15.1. The molecule has 1 unspecified atom stereocenters. The van der Waals surface area contributed by atoms with Crippen LogP contribution in [-0.2, 0) is 0 Å². The molecule has 1 radical (unpaired) electrons. The third-order valence-corrected chi connectivity index (χ3v) is 1.27. The molecule has 0 saturated carbocycles. The fraction of sp³-hybridized carbons (Fsp3) is 1.00. The fourth-order valence-electron chi connectivity index (χ4n) is 0.686. The molecule has 0 aromatic heterocycles. The van der Waals surface area contributed by atoms with Crippen molar-refractivity contribution in [2.24, 2.45) is 0 Å². The molecule has 0 aromatic rings. The summed E-state index contributed by atoms with van der Waals surface area (Å²) in [6.45, 7) is 4.10. The fourth-order valence-corrected chi connectivity index (χ4v) is 0.686. The Hall–Kier alpha value is -0.0800. The maximum atomic E-state index is 4.12. The van der Waals surface area contributed by atoms with Crippen LogP contribution >= 0.6 is 0 Å². The summed E-state index contributed by atoms with van der Waals surface area (Å²) in [6.07, 6.45) is 1.21. The molecule has 1 atom stereocenters. The molecule has 1 rings (SSSR count). The first-order valence-electron chi connectivity index (χ1n) is 2.76. The van der Waals surface area contributed by atoms with E-state index >= 15 is 0 Å². The number of rotatable bonds is 0. The lowest BCUT2D eigenvalue weighted by atomic mass is 10.2. The highest BCUT2D eigenvalue weighted by Gasteiger charge is 2.04. The lowest BCUT2D eigenvalue weighted by Gasteiger charge is -2.18. The summed E-state index contributed by atoms with van der Waals surface area (Å²) >= 11 is 0. The maximum absolute atomic E-state index is 4.12. The largest absolute Gasteiger partial charge is 0.301 e. The summed E-state index contributed by atoms with van der Waals surface area (Å²) in [7, 11) is 0. The van der Waals surface area contributed by atoms with Crippen molar-refractivity contribution in [3.63, 3.8) is 0 Å². The zero-order valence-corrected chi connectivity index (χ0v) is 4.65. The van der Waals surface area contributed by atoms with Gasteiger partial charge in [-0.15, -0.1) is 0 Å². The van der Waals surface area contributed by atoms with Crippen LogP contribution in [0.15, 0.2) is 0 Å². The molecule has 1 heterocycles. The van der Waals surface area contributed by atoms with Gasteiger partial charge in [-0.25, -0.2) is 5.32 Å². The van der Waals surface area contributed by atoms with Gasteiger partial charge < -0.3 is 5.32 Å². The van der Waals surface area contributed by atoms with Crippen LogP contribution in [0.1, 0.15) is 13.3 Å². The van der Waals surface area contributed by atoms with Gasteiger partial charge in [0.25, 0.3) is 0 Å². The van der Waals surface area contributed by atoms with Crippen molar-refractivity contribution in [2.75, 3.05) is 13.2 Å². The Bertz CT molecular complexity index is 48.0. The molecule has 0 spiro atoms. The molecule has 1 aliphatic heterocycles. The summed E-state index contributed by atoms with van der Waals surface area (Å²) in [6, 6.07) is 0.692. The van der Waals surface area contributed by atoms with Crippen LogP contribution in [0, 0.1) is 0 Å². The van der Waals surface area contributed by atoms with Crippen molar-refractivity contribution in [3.05, 3.63) is 0 Å². The molecule has 0 aliphatic carbocycles. The molecule has 1 N–H and O–H groups in total. The summed E-state index contributed by atoms with van der Waals surface area (Å²) in [5.41, 5.74) is 0. The number of hydrogen-bond acceptors (Lipinski definition) is 1. The van der Waals surface area contributed by atoms with E-state index in [2.05, 4.69) is 17.6 Å². The molecule has 1 fully saturated rings. The van der Waals surface area contributed by atoms with Crippen LogP contribution in [0.3, 0.4) is 0 Å². The first kappa shape index (κ1) is 5.06. The Kier molecular flexibility index (Phi) is 1.65. The quantitative estimate of drug-likeness (QED) is 0.452. The van der Waals surface area contributed by atoms with E-state index in [1.165, 1.54) is 6.42 Å². The van der Waals surface area contributed by atoms with E-state index in [0.717, 1.165) is 13.2 Å². The highest BCUT2D eigenvalue weighted by Crippen LogP contribution is 1.91. The van der Waals surface area contributed by atoms with Crippen molar-refractivity contribution in [2.45, 2.75) is 19.4 Å². The zero-order valence-electron chi connectivity index (χ0n) is 4.65. The molecule has 1 aliphatic rings. The lowest BCUT2D eigenvalue weighted by molar-refractivity contribution is 0.404. The molecule has 0 amide bonds. The average molecular weight is 99.2 g/mol. The first-order chi connectivity index (χ1) is 3.39. The van der Waals surface area contributed by atoms with Gasteiger partial charge in [-0.05, 0) is 13.3 Å². The zero-order chi connectivity index (χ0) is 5.11. The first-order valence-corrected chi connectivity index (χ1v) is 2.76. The van der Waals surface area contributed by atoms with E-state index in [1.807, 2.05) is 0 Å². The summed E-state index contributed by atoms with van der Waals surface area (Å²) in [5.74, 6) is 0. The highest BCUT2D eigenvalue weighted by molar-refractivity contribution is 4.65. The number of hydrogen-bond donors (Lipinski definition) is 1. The van der Waals surface area contributed by atoms with Crippen LogP contribution in [0.4, 0.5) is 0 Å². The minimum atomic E-state index is 0.692. The second-order valence-electron chi connectivity index (χ2n) is 2.00. The van der Waals surface area contributed by atoms with Crippen LogP contribution in [0.25, 0.3) is 0 Å². The van der Waals surface area contributed by atoms with Crippen LogP contribution < -0.4 is 10.6 Å². The van der Waals surface area contributed by atoms with E-state index in [0.29, 0.717) is 6.04 Å². The Morgan fingerprint density at radius 2 is 2.57 bits per heavy atom. The van der Waals surface area contributed by atoms with Crippen LogP contribution in [0.2, 0.25) is 0 Å². The second-order valence-corrected chi connectivity index (χ2v) is 2.00. The Labute approximate surface area is 44.3 Å². The number of nitrogens with zero attached hydrogens (tertiary/aromatic N) is 1. The van der Waals surface area contributed by atoms with E-state index in [4.69, 9.17) is 0 Å². The standard InChI is InChI=1S/C5H11N2/c1-5-2-3-6-4-7-5/h5,7H,2-4H2,1H3. The van der Waals surface area contributed by atoms with Gasteiger partial charge in [0.15, 0.2) is 0 Å². The molecule has 2 heteroatoms. The molecule has 0 bridgehead atoms. The van der Waals surface area contributed by atoms with Crippen molar-refractivity contribution < 1.29 is 0 Å². The third kappa shape index (κ3) is 1.45. The molecule has 0 aromatic carbocycles. The van der Waals surface area contributed by atoms with Gasteiger partial charge in [-0.2, -0.15) is 0 Å². The third-order valence-electron chi connectivity index (χ3n) is 1.27. The molecular formula is C5H11N2. The van der Waals surface area contributed by atoms with E-state index in [9.17, 15) is 0 Å². The Morgan fingerprint density at radius 1 is 1.71 bits per heavy atom. The predicted molar refractivity (Wildman–Crippen MR) is 29.1 cm³/mol. The van der Waals surface area contributed by atoms with E-state index in [-0.39, 0.29) is 0 Å². The van der Waals surface area contributed by atoms with Gasteiger partial charge in [0, 0.05) is 12.6 Å². The van der Waals surface area contributed by atoms with Crippen LogP contribution in [-0.4, -0.2) is 19.3 Å². The summed E-state index contributed by atoms with van der Waals surface area (Å²) < 4.78 is 0. The Morgan fingerprint density at radius 3 is 2.86 bits per heavy atom. The molecule has 7 heavy (non-hydrogen) atoms. The monoisotopic (exact) mass is 99.1 g/mol. The predicted octanol–water partition coefficient (Wildman–Crippen LogP) is -0.0699. The van der Waals surface area contributed by atoms with Gasteiger partial charge in [0.05, 0.1) is 6.67 Å².